The van der Waals surface area contributed by atoms with Crippen LogP contribution in [0.5, 0.6) is 11.5 Å². The molecular weight excluding hydrogens is 532 g/mol. The van der Waals surface area contributed by atoms with Gasteiger partial charge in [0, 0.05) is 11.6 Å². The fourth-order valence-corrected chi connectivity index (χ4v) is 6.21. The van der Waals surface area contributed by atoms with E-state index in [1.807, 2.05) is 26.8 Å². The molecule has 1 aliphatic heterocycles. The molecule has 0 spiro atoms. The van der Waals surface area contributed by atoms with Crippen molar-refractivity contribution in [3.63, 3.8) is 0 Å². The topological polar surface area (TPSA) is 104 Å². The average molecular weight is 563 g/mol. The van der Waals surface area contributed by atoms with Gasteiger partial charge in [-0.2, -0.15) is 0 Å². The van der Waals surface area contributed by atoms with Gasteiger partial charge in [0.15, 0.2) is 6.10 Å². The van der Waals surface area contributed by atoms with Crippen molar-refractivity contribution < 1.29 is 32.2 Å². The second kappa shape index (κ2) is 10.0. The number of benzene rings is 3. The van der Waals surface area contributed by atoms with E-state index in [-0.39, 0.29) is 28.2 Å². The van der Waals surface area contributed by atoms with Gasteiger partial charge in [0.25, 0.3) is 15.9 Å². The molecule has 1 aromatic heterocycles. The Labute approximate surface area is 232 Å². The first-order valence-electron chi connectivity index (χ1n) is 12.7. The van der Waals surface area contributed by atoms with Crippen molar-refractivity contribution in [2.75, 3.05) is 25.1 Å². The van der Waals surface area contributed by atoms with Crippen molar-refractivity contribution in [3.05, 3.63) is 84.1 Å². The van der Waals surface area contributed by atoms with E-state index in [0.717, 1.165) is 5.56 Å². The summed E-state index contributed by atoms with van der Waals surface area (Å²) in [4.78, 5) is 26.4. The number of aromatic nitrogens is 1. The van der Waals surface area contributed by atoms with Gasteiger partial charge in [-0.3, -0.25) is 13.7 Å². The molecule has 0 saturated carbocycles. The van der Waals surface area contributed by atoms with Crippen LogP contribution in [-0.2, 0) is 20.2 Å². The minimum atomic E-state index is -4.10. The predicted molar refractivity (Wildman–Crippen MR) is 151 cm³/mol. The highest BCUT2D eigenvalue weighted by atomic mass is 32.2. The van der Waals surface area contributed by atoms with Crippen molar-refractivity contribution >= 4 is 38.5 Å². The summed E-state index contributed by atoms with van der Waals surface area (Å²) in [5.74, 6) is -0.326. The number of methoxy groups -OCH3 is 2. The normalized spacial score (nSPS) is 15.3. The van der Waals surface area contributed by atoms with Crippen LogP contribution in [0, 0.1) is 0 Å². The van der Waals surface area contributed by atoms with Crippen LogP contribution < -0.4 is 13.8 Å². The Morgan fingerprint density at radius 2 is 1.68 bits per heavy atom. The lowest BCUT2D eigenvalue weighted by Crippen LogP contribution is -2.48. The Hall–Kier alpha value is -4.31. The largest absolute Gasteiger partial charge is 0.497 e. The molecule has 0 N–H and O–H groups in total. The Morgan fingerprint density at radius 3 is 2.33 bits per heavy atom. The molecule has 0 bridgehead atoms. The molecule has 5 rings (SSSR count). The summed E-state index contributed by atoms with van der Waals surface area (Å²) in [5.41, 5.74) is 1.70. The van der Waals surface area contributed by atoms with Crippen LogP contribution in [0.1, 0.15) is 41.5 Å². The van der Waals surface area contributed by atoms with Gasteiger partial charge >= 0.3 is 5.97 Å². The van der Waals surface area contributed by atoms with Gasteiger partial charge in [-0.25, -0.2) is 13.2 Å². The number of fused-ring (bicyclic) bond motifs is 2. The zero-order chi connectivity index (χ0) is 28.8. The van der Waals surface area contributed by atoms with Crippen LogP contribution in [0.15, 0.2) is 77.8 Å². The maximum atomic E-state index is 14.0. The predicted octanol–water partition coefficient (Wildman–Crippen LogP) is 5.03. The van der Waals surface area contributed by atoms with Gasteiger partial charge in [0.1, 0.15) is 11.5 Å². The van der Waals surface area contributed by atoms with Crippen molar-refractivity contribution in [1.82, 2.24) is 4.57 Å². The number of esters is 1. The van der Waals surface area contributed by atoms with E-state index < -0.39 is 28.0 Å². The fraction of sp³-hybridized carbons (Fsp3) is 0.267. The van der Waals surface area contributed by atoms with E-state index in [1.54, 1.807) is 48.5 Å². The number of hydrogen-bond donors (Lipinski definition) is 0. The molecule has 1 atom stereocenters. The first-order chi connectivity index (χ1) is 19.0. The van der Waals surface area contributed by atoms with E-state index in [2.05, 4.69) is 0 Å². The minimum absolute atomic E-state index is 0.0490. The summed E-state index contributed by atoms with van der Waals surface area (Å²) >= 11 is 0. The zero-order valence-electron chi connectivity index (χ0n) is 22.9. The maximum absolute atomic E-state index is 14.0. The number of hydrogen-bond acceptors (Lipinski definition) is 7. The summed E-state index contributed by atoms with van der Waals surface area (Å²) in [6.45, 7) is 5.82. The van der Waals surface area contributed by atoms with Gasteiger partial charge in [0.2, 0.25) is 0 Å². The molecule has 1 aliphatic rings. The van der Waals surface area contributed by atoms with E-state index in [9.17, 15) is 18.0 Å². The second-order valence-corrected chi connectivity index (χ2v) is 12.4. The van der Waals surface area contributed by atoms with Crippen molar-refractivity contribution in [3.8, 4) is 11.5 Å². The molecule has 3 aromatic carbocycles. The third kappa shape index (κ3) is 4.68. The number of sulfonamides is 1. The summed E-state index contributed by atoms with van der Waals surface area (Å²) in [5, 5.41) is 0.538. The number of carbonyl (C=O) groups is 2. The Morgan fingerprint density at radius 1 is 0.975 bits per heavy atom. The molecule has 0 amide bonds. The highest BCUT2D eigenvalue weighted by Crippen LogP contribution is 2.40. The lowest BCUT2D eigenvalue weighted by atomic mass is 9.86. The summed E-state index contributed by atoms with van der Waals surface area (Å²) in [6, 6.07) is 18.4. The number of ether oxygens (including phenoxy) is 3. The monoisotopic (exact) mass is 562 g/mol. The van der Waals surface area contributed by atoms with E-state index >= 15 is 0 Å². The van der Waals surface area contributed by atoms with E-state index in [1.165, 1.54) is 41.4 Å². The van der Waals surface area contributed by atoms with E-state index in [0.29, 0.717) is 22.3 Å². The number of para-hydroxylation sites is 1. The van der Waals surface area contributed by atoms with Gasteiger partial charge in [0.05, 0.1) is 42.4 Å². The number of nitrogens with zero attached hydrogens (tertiary/aromatic N) is 2. The standard InChI is InChI=1S/C30H30N2O7S/c1-30(2,3)19-10-15-26-25(16-19)32(40(35,36)21-13-11-20(37-4)12-14-21)18-27(39-26)28(33)31-17-23(29(34)38-5)22-8-6-7-9-24(22)31/h6-17,27H,18H2,1-5H3. The highest BCUT2D eigenvalue weighted by Gasteiger charge is 2.39. The SMILES string of the molecule is COC(=O)c1cn(C(=O)C2CN(S(=O)(=O)c3ccc(OC)cc3)c3cc(C(C)(C)C)ccc3O2)c2ccccc12. The number of anilines is 1. The quantitative estimate of drug-likeness (QED) is 0.314. The summed E-state index contributed by atoms with van der Waals surface area (Å²) in [7, 11) is -1.33. The molecule has 4 aromatic rings. The third-order valence-corrected chi connectivity index (χ3v) is 8.77. The van der Waals surface area contributed by atoms with Crippen molar-refractivity contribution in [2.24, 2.45) is 0 Å². The lowest BCUT2D eigenvalue weighted by molar-refractivity contribution is 0.0602. The van der Waals surface area contributed by atoms with Crippen LogP contribution in [0.25, 0.3) is 10.9 Å². The van der Waals surface area contributed by atoms with Crippen LogP contribution >= 0.6 is 0 Å². The molecule has 40 heavy (non-hydrogen) atoms. The molecule has 0 aliphatic carbocycles. The maximum Gasteiger partial charge on any atom is 0.340 e. The molecule has 9 nitrogen and oxygen atoms in total. The number of rotatable bonds is 5. The molecule has 0 fully saturated rings. The average Bonchev–Trinajstić information content (AvgIpc) is 3.34. The van der Waals surface area contributed by atoms with Gasteiger partial charge in [-0.1, -0.05) is 45.0 Å². The van der Waals surface area contributed by atoms with Gasteiger partial charge in [-0.05, 0) is 53.4 Å². The Bertz CT molecular complexity index is 1720. The molecule has 2 heterocycles. The van der Waals surface area contributed by atoms with Crippen molar-refractivity contribution in [1.29, 1.82) is 0 Å². The zero-order valence-corrected chi connectivity index (χ0v) is 23.7. The van der Waals surface area contributed by atoms with E-state index in [4.69, 9.17) is 14.2 Å². The highest BCUT2D eigenvalue weighted by molar-refractivity contribution is 7.92. The van der Waals surface area contributed by atoms with Gasteiger partial charge < -0.3 is 14.2 Å². The first-order valence-corrected chi connectivity index (χ1v) is 14.1. The summed E-state index contributed by atoms with van der Waals surface area (Å²) < 4.78 is 46.8. The molecule has 0 saturated heterocycles. The van der Waals surface area contributed by atoms with Crippen LogP contribution in [0.2, 0.25) is 0 Å². The van der Waals surface area contributed by atoms with Crippen LogP contribution in [-0.4, -0.2) is 51.7 Å². The lowest BCUT2D eigenvalue weighted by Gasteiger charge is -2.36. The molecule has 208 valence electrons. The second-order valence-electron chi connectivity index (χ2n) is 10.5. The first kappa shape index (κ1) is 27.3. The van der Waals surface area contributed by atoms with Crippen molar-refractivity contribution in [2.45, 2.75) is 37.2 Å². The molecule has 0 radical (unpaired) electrons. The Kier molecular flexibility index (Phi) is 6.83. The van der Waals surface area contributed by atoms with Crippen LogP contribution in [0.4, 0.5) is 5.69 Å². The molecule has 1 unspecified atom stereocenters. The van der Waals surface area contributed by atoms with Crippen LogP contribution in [0.3, 0.4) is 0 Å². The Balaban J connectivity index is 1.62. The molecular formula is C30H30N2O7S. The molecule has 10 heteroatoms. The van der Waals surface area contributed by atoms with Gasteiger partial charge in [-0.15, -0.1) is 0 Å². The summed E-state index contributed by atoms with van der Waals surface area (Å²) in [6.07, 6.45) is 0.213. The third-order valence-electron chi connectivity index (χ3n) is 6.97. The number of carbonyl (C=O) groups excluding carboxylic acids is 2. The minimum Gasteiger partial charge on any atom is -0.497 e. The fourth-order valence-electron chi connectivity index (χ4n) is 4.74. The smallest absolute Gasteiger partial charge is 0.340 e.